The molecule has 2 aliphatic rings. The number of methoxy groups -OCH3 is 1. The first-order valence-electron chi connectivity index (χ1n) is 8.06. The van der Waals surface area contributed by atoms with Gasteiger partial charge in [0.2, 0.25) is 5.91 Å². The predicted molar refractivity (Wildman–Crippen MR) is 87.7 cm³/mol. The topological polar surface area (TPSA) is 61.9 Å². The number of rotatable bonds is 3. The molecule has 3 rings (SSSR count). The number of hydrogen-bond donors (Lipinski definition) is 1. The van der Waals surface area contributed by atoms with Crippen molar-refractivity contribution in [2.75, 3.05) is 44.7 Å². The summed E-state index contributed by atoms with van der Waals surface area (Å²) < 4.78 is 4.77. The molecule has 6 nitrogen and oxygen atoms in total. The highest BCUT2D eigenvalue weighted by Gasteiger charge is 2.28. The standard InChI is InChI=1S/C17H23N3O3/c1-12-10-19(8-6-18-12)11-16(21)20-7-5-13-3-4-14(9-15(13)20)17(22)23-2/h3-4,9,12,18H,5-8,10-11H2,1-2H3. The molecule has 1 aromatic carbocycles. The van der Waals surface area contributed by atoms with Crippen molar-refractivity contribution in [3.8, 4) is 0 Å². The Morgan fingerprint density at radius 3 is 2.91 bits per heavy atom. The van der Waals surface area contributed by atoms with Crippen molar-refractivity contribution in [3.63, 3.8) is 0 Å². The number of fused-ring (bicyclic) bond motifs is 1. The Labute approximate surface area is 136 Å². The number of anilines is 1. The molecule has 2 heterocycles. The van der Waals surface area contributed by atoms with E-state index >= 15 is 0 Å². The summed E-state index contributed by atoms with van der Waals surface area (Å²) in [7, 11) is 1.37. The molecule has 6 heteroatoms. The van der Waals surface area contributed by atoms with Crippen LogP contribution in [0.5, 0.6) is 0 Å². The highest BCUT2D eigenvalue weighted by molar-refractivity contribution is 5.99. The summed E-state index contributed by atoms with van der Waals surface area (Å²) in [6.07, 6.45) is 0.834. The van der Waals surface area contributed by atoms with Crippen molar-refractivity contribution in [2.24, 2.45) is 0 Å². The number of esters is 1. The molecule has 1 amide bonds. The van der Waals surface area contributed by atoms with Crippen LogP contribution in [0.1, 0.15) is 22.8 Å². The van der Waals surface area contributed by atoms with Gasteiger partial charge in [0, 0.05) is 37.9 Å². The van der Waals surface area contributed by atoms with Gasteiger partial charge in [-0.05, 0) is 31.0 Å². The van der Waals surface area contributed by atoms with E-state index in [1.807, 2.05) is 6.07 Å². The summed E-state index contributed by atoms with van der Waals surface area (Å²) in [5.74, 6) is -0.275. The van der Waals surface area contributed by atoms with Gasteiger partial charge in [-0.3, -0.25) is 9.69 Å². The maximum atomic E-state index is 12.7. The number of carbonyl (C=O) groups is 2. The minimum absolute atomic E-state index is 0.0971. The fraction of sp³-hybridized carbons (Fsp3) is 0.529. The molecule has 1 N–H and O–H groups in total. The summed E-state index contributed by atoms with van der Waals surface area (Å²) in [6.45, 7) is 5.92. The number of carbonyl (C=O) groups excluding carboxylic acids is 2. The van der Waals surface area contributed by atoms with Crippen LogP contribution in [0, 0.1) is 0 Å². The second kappa shape index (κ2) is 6.68. The maximum absolute atomic E-state index is 12.7. The van der Waals surface area contributed by atoms with Gasteiger partial charge in [0.15, 0.2) is 0 Å². The Kier molecular flexibility index (Phi) is 4.63. The van der Waals surface area contributed by atoms with Crippen LogP contribution in [0.4, 0.5) is 5.69 Å². The van der Waals surface area contributed by atoms with Gasteiger partial charge >= 0.3 is 5.97 Å². The Morgan fingerprint density at radius 2 is 2.17 bits per heavy atom. The second-order valence-electron chi connectivity index (χ2n) is 6.22. The number of nitrogens with one attached hydrogen (secondary N) is 1. The SMILES string of the molecule is COC(=O)c1ccc2c(c1)N(C(=O)CN1CCNC(C)C1)CC2. The molecular weight excluding hydrogens is 294 g/mol. The molecule has 1 unspecified atom stereocenters. The first-order chi connectivity index (χ1) is 11.1. The number of nitrogens with zero attached hydrogens (tertiary/aromatic N) is 2. The summed E-state index contributed by atoms with van der Waals surface area (Å²) in [6, 6.07) is 5.86. The molecule has 0 aliphatic carbocycles. The average molecular weight is 317 g/mol. The van der Waals surface area contributed by atoms with E-state index < -0.39 is 0 Å². The molecule has 0 spiro atoms. The lowest BCUT2D eigenvalue weighted by atomic mass is 10.1. The minimum Gasteiger partial charge on any atom is -0.465 e. The Bertz CT molecular complexity index is 617. The van der Waals surface area contributed by atoms with E-state index in [1.165, 1.54) is 7.11 Å². The molecular formula is C17H23N3O3. The Balaban J connectivity index is 1.73. The van der Waals surface area contributed by atoms with Gasteiger partial charge in [-0.2, -0.15) is 0 Å². The lowest BCUT2D eigenvalue weighted by Crippen LogP contribution is -2.52. The number of amides is 1. The molecule has 0 bridgehead atoms. The number of ether oxygens (including phenoxy) is 1. The van der Waals surface area contributed by atoms with Crippen LogP contribution in [-0.2, 0) is 16.0 Å². The molecule has 1 fully saturated rings. The van der Waals surface area contributed by atoms with Gasteiger partial charge in [0.25, 0.3) is 0 Å². The van der Waals surface area contributed by atoms with Gasteiger partial charge in [0.1, 0.15) is 0 Å². The molecule has 0 aromatic heterocycles. The molecule has 23 heavy (non-hydrogen) atoms. The van der Waals surface area contributed by atoms with Crippen LogP contribution in [0.25, 0.3) is 0 Å². The van der Waals surface area contributed by atoms with Crippen LogP contribution in [-0.4, -0.2) is 62.7 Å². The molecule has 1 aromatic rings. The van der Waals surface area contributed by atoms with E-state index in [0.717, 1.165) is 37.3 Å². The van der Waals surface area contributed by atoms with Crippen molar-refractivity contribution in [1.82, 2.24) is 10.2 Å². The number of piperazine rings is 1. The highest BCUT2D eigenvalue weighted by atomic mass is 16.5. The Hall–Kier alpha value is -1.92. The zero-order valence-corrected chi connectivity index (χ0v) is 13.7. The van der Waals surface area contributed by atoms with Crippen molar-refractivity contribution in [1.29, 1.82) is 0 Å². The normalized spacial score (nSPS) is 21.1. The third-order valence-electron chi connectivity index (χ3n) is 4.51. The minimum atomic E-state index is -0.372. The van der Waals surface area contributed by atoms with Crippen LogP contribution in [0.15, 0.2) is 18.2 Å². The monoisotopic (exact) mass is 317 g/mol. The van der Waals surface area contributed by atoms with Gasteiger partial charge < -0.3 is 15.0 Å². The predicted octanol–water partition coefficient (Wildman–Crippen LogP) is 0.656. The van der Waals surface area contributed by atoms with Crippen LogP contribution in [0.2, 0.25) is 0 Å². The molecule has 0 saturated carbocycles. The quantitative estimate of drug-likeness (QED) is 0.830. The van der Waals surface area contributed by atoms with E-state index in [0.29, 0.717) is 24.7 Å². The van der Waals surface area contributed by atoms with E-state index in [1.54, 1.807) is 17.0 Å². The molecule has 1 saturated heterocycles. The summed E-state index contributed by atoms with van der Waals surface area (Å²) in [4.78, 5) is 28.4. The summed E-state index contributed by atoms with van der Waals surface area (Å²) >= 11 is 0. The van der Waals surface area contributed by atoms with Crippen molar-refractivity contribution in [2.45, 2.75) is 19.4 Å². The lowest BCUT2D eigenvalue weighted by Gasteiger charge is -2.32. The highest BCUT2D eigenvalue weighted by Crippen LogP contribution is 2.29. The maximum Gasteiger partial charge on any atom is 0.337 e. The fourth-order valence-corrected chi connectivity index (χ4v) is 3.32. The average Bonchev–Trinajstić information content (AvgIpc) is 2.97. The zero-order chi connectivity index (χ0) is 16.4. The van der Waals surface area contributed by atoms with E-state index in [9.17, 15) is 9.59 Å². The summed E-state index contributed by atoms with van der Waals surface area (Å²) in [5, 5.41) is 3.38. The van der Waals surface area contributed by atoms with Gasteiger partial charge in [0.05, 0.1) is 19.2 Å². The first kappa shape index (κ1) is 16.0. The Morgan fingerprint density at radius 1 is 1.35 bits per heavy atom. The van der Waals surface area contributed by atoms with Crippen LogP contribution in [0.3, 0.4) is 0 Å². The van der Waals surface area contributed by atoms with Gasteiger partial charge in [-0.25, -0.2) is 4.79 Å². The number of benzene rings is 1. The van der Waals surface area contributed by atoms with Crippen LogP contribution < -0.4 is 10.2 Å². The summed E-state index contributed by atoms with van der Waals surface area (Å²) in [5.41, 5.74) is 2.45. The largest absolute Gasteiger partial charge is 0.465 e. The smallest absolute Gasteiger partial charge is 0.337 e. The first-order valence-corrected chi connectivity index (χ1v) is 8.06. The van der Waals surface area contributed by atoms with Gasteiger partial charge in [-0.15, -0.1) is 0 Å². The van der Waals surface area contributed by atoms with E-state index in [4.69, 9.17) is 4.74 Å². The van der Waals surface area contributed by atoms with Crippen LogP contribution >= 0.6 is 0 Å². The second-order valence-corrected chi connectivity index (χ2v) is 6.22. The van der Waals surface area contributed by atoms with Crippen molar-refractivity contribution < 1.29 is 14.3 Å². The lowest BCUT2D eigenvalue weighted by molar-refractivity contribution is -0.119. The zero-order valence-electron chi connectivity index (χ0n) is 13.7. The van der Waals surface area contributed by atoms with Crippen molar-refractivity contribution >= 4 is 17.6 Å². The molecule has 1 atom stereocenters. The van der Waals surface area contributed by atoms with Crippen molar-refractivity contribution in [3.05, 3.63) is 29.3 Å². The molecule has 2 aliphatic heterocycles. The van der Waals surface area contributed by atoms with E-state index in [2.05, 4.69) is 17.1 Å². The third kappa shape index (κ3) is 3.38. The van der Waals surface area contributed by atoms with Gasteiger partial charge in [-0.1, -0.05) is 6.07 Å². The number of hydrogen-bond acceptors (Lipinski definition) is 5. The molecule has 124 valence electrons. The molecule has 0 radical (unpaired) electrons. The third-order valence-corrected chi connectivity index (χ3v) is 4.51. The fourth-order valence-electron chi connectivity index (χ4n) is 3.32. The van der Waals surface area contributed by atoms with E-state index in [-0.39, 0.29) is 11.9 Å².